The molecule has 1 heterocycles. The number of hydrogen-bond donors (Lipinski definition) is 1. The van der Waals surface area contributed by atoms with Gasteiger partial charge in [-0.25, -0.2) is 0 Å². The van der Waals surface area contributed by atoms with Crippen molar-refractivity contribution in [2.45, 2.75) is 19.4 Å². The molecule has 0 amide bonds. The highest BCUT2D eigenvalue weighted by Crippen LogP contribution is 2.38. The van der Waals surface area contributed by atoms with E-state index in [1.165, 1.54) is 0 Å². The van der Waals surface area contributed by atoms with Gasteiger partial charge in [0.1, 0.15) is 13.2 Å². The molecule has 1 N–H and O–H groups in total. The van der Waals surface area contributed by atoms with Crippen LogP contribution in [0.1, 0.15) is 12.5 Å². The van der Waals surface area contributed by atoms with Crippen LogP contribution in [0.2, 0.25) is 0 Å². The fourth-order valence-electron chi connectivity index (χ4n) is 1.62. The first-order valence-electron chi connectivity index (χ1n) is 4.93. The van der Waals surface area contributed by atoms with Gasteiger partial charge in [-0.3, -0.25) is 0 Å². The van der Waals surface area contributed by atoms with Crippen LogP contribution in [0.5, 0.6) is 11.5 Å². The fraction of sp³-hybridized carbons (Fsp3) is 0.455. The first-order valence-corrected chi connectivity index (χ1v) is 5.72. The van der Waals surface area contributed by atoms with Gasteiger partial charge in [0.25, 0.3) is 0 Å². The average Bonchev–Trinajstić information content (AvgIpc) is 2.16. The largest absolute Gasteiger partial charge is 0.486 e. The molecule has 1 aromatic carbocycles. The van der Waals surface area contributed by atoms with E-state index >= 15 is 0 Å². The molecule has 1 aliphatic heterocycles. The molecular formula is C11H13BrO3. The second-order valence-electron chi connectivity index (χ2n) is 3.65. The lowest BCUT2D eigenvalue weighted by atomic mass is 10.1. The molecule has 0 unspecified atom stereocenters. The van der Waals surface area contributed by atoms with E-state index in [0.29, 0.717) is 19.6 Å². The summed E-state index contributed by atoms with van der Waals surface area (Å²) >= 11 is 3.44. The summed E-state index contributed by atoms with van der Waals surface area (Å²) in [4.78, 5) is 0. The van der Waals surface area contributed by atoms with Crippen molar-refractivity contribution in [3.63, 3.8) is 0 Å². The molecule has 1 aromatic rings. The highest BCUT2D eigenvalue weighted by Gasteiger charge is 2.16. The summed E-state index contributed by atoms with van der Waals surface area (Å²) in [5, 5.41) is 9.31. The van der Waals surface area contributed by atoms with Crippen molar-refractivity contribution in [1.29, 1.82) is 0 Å². The van der Waals surface area contributed by atoms with Crippen LogP contribution in [-0.2, 0) is 6.42 Å². The van der Waals surface area contributed by atoms with Crippen molar-refractivity contribution >= 4 is 15.9 Å². The van der Waals surface area contributed by atoms with Crippen LogP contribution in [0.3, 0.4) is 0 Å². The minimum Gasteiger partial charge on any atom is -0.486 e. The third-order valence-corrected chi connectivity index (χ3v) is 2.78. The summed E-state index contributed by atoms with van der Waals surface area (Å²) in [7, 11) is 0. The Bertz CT molecular complexity index is 363. The summed E-state index contributed by atoms with van der Waals surface area (Å²) in [5.41, 5.74) is 1.04. The maximum Gasteiger partial charge on any atom is 0.175 e. The minimum atomic E-state index is -0.348. The van der Waals surface area contributed by atoms with E-state index in [-0.39, 0.29) is 6.10 Å². The van der Waals surface area contributed by atoms with E-state index in [9.17, 15) is 5.11 Å². The van der Waals surface area contributed by atoms with E-state index in [2.05, 4.69) is 15.9 Å². The number of ether oxygens (including phenoxy) is 2. The highest BCUT2D eigenvalue weighted by atomic mass is 79.9. The van der Waals surface area contributed by atoms with Gasteiger partial charge in [-0.1, -0.05) is 0 Å². The van der Waals surface area contributed by atoms with Crippen molar-refractivity contribution in [3.8, 4) is 11.5 Å². The fourth-order valence-corrected chi connectivity index (χ4v) is 2.23. The summed E-state index contributed by atoms with van der Waals surface area (Å²) in [5.74, 6) is 1.52. The predicted molar refractivity (Wildman–Crippen MR) is 60.5 cm³/mol. The van der Waals surface area contributed by atoms with Gasteiger partial charge in [0.05, 0.1) is 10.6 Å². The van der Waals surface area contributed by atoms with Gasteiger partial charge >= 0.3 is 0 Å². The summed E-state index contributed by atoms with van der Waals surface area (Å²) in [6, 6.07) is 3.88. The lowest BCUT2D eigenvalue weighted by Gasteiger charge is -2.20. The second kappa shape index (κ2) is 4.41. The van der Waals surface area contributed by atoms with E-state index in [0.717, 1.165) is 21.5 Å². The molecule has 4 heteroatoms. The predicted octanol–water partition coefficient (Wildman–Crippen LogP) is 2.14. The standard InChI is InChI=1S/C11H13BrO3/c1-7(13)4-8-5-9(12)11-10(6-8)14-2-3-15-11/h5-7,13H,2-4H2,1H3/t7-/m0/s1. The molecule has 0 aliphatic carbocycles. The lowest BCUT2D eigenvalue weighted by molar-refractivity contribution is 0.169. The van der Waals surface area contributed by atoms with Gasteiger partial charge < -0.3 is 14.6 Å². The van der Waals surface area contributed by atoms with Gasteiger partial charge in [-0.15, -0.1) is 0 Å². The normalized spacial score (nSPS) is 16.2. The topological polar surface area (TPSA) is 38.7 Å². The van der Waals surface area contributed by atoms with Gasteiger partial charge in [-0.05, 0) is 47.0 Å². The Morgan fingerprint density at radius 3 is 2.87 bits per heavy atom. The van der Waals surface area contributed by atoms with Crippen molar-refractivity contribution in [3.05, 3.63) is 22.2 Å². The third kappa shape index (κ3) is 2.44. The molecule has 0 radical (unpaired) electrons. The van der Waals surface area contributed by atoms with E-state index in [1.54, 1.807) is 6.92 Å². The molecule has 15 heavy (non-hydrogen) atoms. The zero-order chi connectivity index (χ0) is 10.8. The van der Waals surface area contributed by atoms with Crippen molar-refractivity contribution in [2.75, 3.05) is 13.2 Å². The Balaban J connectivity index is 2.32. The Morgan fingerprint density at radius 1 is 1.40 bits per heavy atom. The SMILES string of the molecule is C[C@H](O)Cc1cc(Br)c2c(c1)OCCO2. The number of aliphatic hydroxyl groups is 1. The Labute approximate surface area is 97.1 Å². The molecule has 82 valence electrons. The van der Waals surface area contributed by atoms with E-state index in [1.807, 2.05) is 12.1 Å². The quantitative estimate of drug-likeness (QED) is 0.897. The lowest BCUT2D eigenvalue weighted by Crippen LogP contribution is -2.16. The van der Waals surface area contributed by atoms with Crippen LogP contribution in [-0.4, -0.2) is 24.4 Å². The van der Waals surface area contributed by atoms with Crippen LogP contribution < -0.4 is 9.47 Å². The van der Waals surface area contributed by atoms with Gasteiger partial charge in [0, 0.05) is 0 Å². The zero-order valence-corrected chi connectivity index (χ0v) is 10.1. The monoisotopic (exact) mass is 272 g/mol. The summed E-state index contributed by atoms with van der Waals surface area (Å²) in [6.07, 6.45) is 0.273. The first kappa shape index (κ1) is 10.8. The van der Waals surface area contributed by atoms with Crippen molar-refractivity contribution in [2.24, 2.45) is 0 Å². The van der Waals surface area contributed by atoms with Crippen molar-refractivity contribution < 1.29 is 14.6 Å². The summed E-state index contributed by atoms with van der Waals surface area (Å²) in [6.45, 7) is 2.93. The van der Waals surface area contributed by atoms with Gasteiger partial charge in [-0.2, -0.15) is 0 Å². The van der Waals surface area contributed by atoms with Gasteiger partial charge in [0.2, 0.25) is 0 Å². The number of rotatable bonds is 2. The maximum atomic E-state index is 9.31. The Kier molecular flexibility index (Phi) is 3.17. The first-order chi connectivity index (χ1) is 7.16. The molecule has 0 saturated heterocycles. The highest BCUT2D eigenvalue weighted by molar-refractivity contribution is 9.10. The number of hydrogen-bond acceptors (Lipinski definition) is 3. The molecule has 0 saturated carbocycles. The number of fused-ring (bicyclic) bond motifs is 1. The summed E-state index contributed by atoms with van der Waals surface area (Å²) < 4.78 is 11.9. The van der Waals surface area contributed by atoms with Gasteiger partial charge in [0.15, 0.2) is 11.5 Å². The van der Waals surface area contributed by atoms with Crippen LogP contribution >= 0.6 is 15.9 Å². The molecule has 0 bridgehead atoms. The Morgan fingerprint density at radius 2 is 2.13 bits per heavy atom. The molecular weight excluding hydrogens is 260 g/mol. The maximum absolute atomic E-state index is 9.31. The number of aliphatic hydroxyl groups excluding tert-OH is 1. The van der Waals surface area contributed by atoms with Crippen LogP contribution in [0, 0.1) is 0 Å². The molecule has 3 nitrogen and oxygen atoms in total. The molecule has 2 rings (SSSR count). The van der Waals surface area contributed by atoms with E-state index < -0.39 is 0 Å². The van der Waals surface area contributed by atoms with Crippen LogP contribution in [0.4, 0.5) is 0 Å². The van der Waals surface area contributed by atoms with E-state index in [4.69, 9.17) is 9.47 Å². The zero-order valence-electron chi connectivity index (χ0n) is 8.50. The minimum absolute atomic E-state index is 0.348. The molecule has 1 atom stereocenters. The smallest absolute Gasteiger partial charge is 0.175 e. The third-order valence-electron chi connectivity index (χ3n) is 2.19. The average molecular weight is 273 g/mol. The van der Waals surface area contributed by atoms with Crippen LogP contribution in [0.15, 0.2) is 16.6 Å². The second-order valence-corrected chi connectivity index (χ2v) is 4.51. The number of halogens is 1. The molecule has 0 fully saturated rings. The number of benzene rings is 1. The van der Waals surface area contributed by atoms with Crippen LogP contribution in [0.25, 0.3) is 0 Å². The Hall–Kier alpha value is -0.740. The molecule has 0 aromatic heterocycles. The van der Waals surface area contributed by atoms with Crippen molar-refractivity contribution in [1.82, 2.24) is 0 Å². The molecule has 1 aliphatic rings. The molecule has 0 spiro atoms.